The Morgan fingerprint density at radius 2 is 1.42 bits per heavy atom. The van der Waals surface area contributed by atoms with Crippen LogP contribution in [0.4, 0.5) is 9.59 Å². The van der Waals surface area contributed by atoms with Crippen molar-refractivity contribution in [1.82, 2.24) is 40.4 Å². The van der Waals surface area contributed by atoms with Crippen LogP contribution in [0.25, 0.3) is 44.4 Å². The molecule has 2 heterocycles. The lowest BCUT2D eigenvalue weighted by molar-refractivity contribution is -0.134. The van der Waals surface area contributed by atoms with E-state index in [-0.39, 0.29) is 24.9 Å². The lowest BCUT2D eigenvalue weighted by atomic mass is 9.89. The molecular formula is C46H50N8O6. The van der Waals surface area contributed by atoms with Gasteiger partial charge in [-0.2, -0.15) is 0 Å². The van der Waals surface area contributed by atoms with E-state index in [1.807, 2.05) is 44.2 Å². The number of amides is 4. The van der Waals surface area contributed by atoms with E-state index in [1.165, 1.54) is 19.8 Å². The maximum atomic E-state index is 14.0. The number of ether oxygens (including phenoxy) is 2. The van der Waals surface area contributed by atoms with Gasteiger partial charge in [0, 0.05) is 29.9 Å². The molecule has 1 aliphatic carbocycles. The van der Waals surface area contributed by atoms with Crippen molar-refractivity contribution in [3.05, 3.63) is 120 Å². The van der Waals surface area contributed by atoms with Gasteiger partial charge < -0.3 is 39.9 Å². The normalized spacial score (nSPS) is 12.2. The summed E-state index contributed by atoms with van der Waals surface area (Å²) in [5.74, 6) is 0.900. The Labute approximate surface area is 348 Å². The molecule has 0 spiro atoms. The van der Waals surface area contributed by atoms with Crippen molar-refractivity contribution < 1.29 is 28.7 Å². The molecule has 0 fully saturated rings. The van der Waals surface area contributed by atoms with Crippen LogP contribution in [0.2, 0.25) is 0 Å². The van der Waals surface area contributed by atoms with Gasteiger partial charge in [-0.3, -0.25) is 9.59 Å². The summed E-state index contributed by atoms with van der Waals surface area (Å²) in [6.07, 6.45) is 3.61. The molecule has 0 aliphatic heterocycles. The van der Waals surface area contributed by atoms with E-state index in [9.17, 15) is 19.2 Å². The summed E-state index contributed by atoms with van der Waals surface area (Å²) in [4.78, 5) is 70.3. The summed E-state index contributed by atoms with van der Waals surface area (Å²) in [7, 11) is 2.54. The van der Waals surface area contributed by atoms with Gasteiger partial charge in [0.1, 0.15) is 24.2 Å². The highest BCUT2D eigenvalue weighted by Gasteiger charge is 2.29. The van der Waals surface area contributed by atoms with Crippen molar-refractivity contribution in [2.24, 2.45) is 0 Å². The van der Waals surface area contributed by atoms with Crippen LogP contribution in [0.1, 0.15) is 61.2 Å². The number of alkyl carbamates (subject to hydrolysis) is 2. The number of aryl methyl sites for hydroxylation is 2. The summed E-state index contributed by atoms with van der Waals surface area (Å²) in [6, 6.07) is 27.6. The molecule has 14 nitrogen and oxygen atoms in total. The number of benzene rings is 4. The minimum absolute atomic E-state index is 0.149. The van der Waals surface area contributed by atoms with Gasteiger partial charge in [0.25, 0.3) is 0 Å². The van der Waals surface area contributed by atoms with Gasteiger partial charge in [-0.15, -0.1) is 0 Å². The van der Waals surface area contributed by atoms with Gasteiger partial charge in [0.05, 0.1) is 44.9 Å². The zero-order chi connectivity index (χ0) is 42.2. The predicted octanol–water partition coefficient (Wildman–Crippen LogP) is 7.32. The molecule has 0 radical (unpaired) electrons. The smallest absolute Gasteiger partial charge is 0.407 e. The fourth-order valence-corrected chi connectivity index (χ4v) is 7.68. The number of aromatic nitrogens is 4. The number of carbonyl (C=O) groups excluding carboxylic acids is 4. The van der Waals surface area contributed by atoms with E-state index >= 15 is 0 Å². The molecule has 0 saturated carbocycles. The topological polar surface area (TPSA) is 175 Å². The number of hydrogen-bond donors (Lipinski definition) is 4. The van der Waals surface area contributed by atoms with Crippen LogP contribution in [0, 0.1) is 0 Å². The fraction of sp³-hybridized carbons (Fsp3) is 0.304. The average molecular weight is 811 g/mol. The number of rotatable bonds is 15. The second kappa shape index (κ2) is 18.7. The van der Waals surface area contributed by atoms with Gasteiger partial charge in [0.15, 0.2) is 0 Å². The van der Waals surface area contributed by atoms with Crippen LogP contribution < -0.4 is 10.6 Å². The number of aromatic amines is 2. The lowest BCUT2D eigenvalue weighted by Crippen LogP contribution is -2.43. The molecule has 0 bridgehead atoms. The Morgan fingerprint density at radius 3 is 2.15 bits per heavy atom. The third kappa shape index (κ3) is 9.33. The number of hydrogen-bond acceptors (Lipinski definition) is 8. The molecular weight excluding hydrogens is 761 g/mol. The van der Waals surface area contributed by atoms with E-state index in [1.54, 1.807) is 16.0 Å². The molecule has 1 aliphatic rings. The molecule has 310 valence electrons. The summed E-state index contributed by atoms with van der Waals surface area (Å²) in [5.41, 5.74) is 8.98. The average Bonchev–Trinajstić information content (AvgIpc) is 3.93. The molecule has 0 saturated heterocycles. The summed E-state index contributed by atoms with van der Waals surface area (Å²) in [5, 5.41) is 7.36. The Morgan fingerprint density at radius 1 is 0.750 bits per heavy atom. The number of H-pyrrole nitrogens is 2. The second-order valence-corrected chi connectivity index (χ2v) is 14.8. The summed E-state index contributed by atoms with van der Waals surface area (Å²) < 4.78 is 9.43. The minimum atomic E-state index is -0.895. The maximum Gasteiger partial charge on any atom is 0.407 e. The molecule has 1 atom stereocenters. The zero-order valence-corrected chi connectivity index (χ0v) is 34.3. The van der Waals surface area contributed by atoms with Crippen molar-refractivity contribution in [3.8, 4) is 33.6 Å². The highest BCUT2D eigenvalue weighted by atomic mass is 16.5. The van der Waals surface area contributed by atoms with Crippen LogP contribution in [-0.2, 0) is 45.0 Å². The third-order valence-corrected chi connectivity index (χ3v) is 10.7. The molecule has 6 aromatic rings. The van der Waals surface area contributed by atoms with Crippen molar-refractivity contribution in [2.45, 2.75) is 58.7 Å². The zero-order valence-electron chi connectivity index (χ0n) is 34.3. The van der Waals surface area contributed by atoms with Crippen molar-refractivity contribution in [2.75, 3.05) is 33.9 Å². The largest absolute Gasteiger partial charge is 0.453 e. The monoisotopic (exact) mass is 810 g/mol. The number of fused-ring (bicyclic) bond motifs is 4. The highest BCUT2D eigenvalue weighted by molar-refractivity contribution is 5.91. The number of imidazole rings is 2. The van der Waals surface area contributed by atoms with Gasteiger partial charge in [0.2, 0.25) is 11.8 Å². The van der Waals surface area contributed by atoms with Crippen molar-refractivity contribution >= 4 is 34.8 Å². The van der Waals surface area contributed by atoms with Crippen molar-refractivity contribution in [3.63, 3.8) is 0 Å². The first kappa shape index (κ1) is 41.2. The molecule has 7 rings (SSSR count). The Hall–Kier alpha value is -6.96. The van der Waals surface area contributed by atoms with Gasteiger partial charge in [-0.1, -0.05) is 86.6 Å². The van der Waals surface area contributed by atoms with Gasteiger partial charge >= 0.3 is 12.2 Å². The van der Waals surface area contributed by atoms with Crippen LogP contribution in [0.5, 0.6) is 0 Å². The Kier molecular flexibility index (Phi) is 12.9. The van der Waals surface area contributed by atoms with E-state index in [0.29, 0.717) is 36.8 Å². The first-order chi connectivity index (χ1) is 29.2. The van der Waals surface area contributed by atoms with Crippen LogP contribution >= 0.6 is 0 Å². The molecule has 2 aromatic heterocycles. The first-order valence-corrected chi connectivity index (χ1v) is 20.2. The number of nitrogens with zero attached hydrogens (tertiary/aromatic N) is 4. The number of methoxy groups -OCH3 is 2. The third-order valence-electron chi connectivity index (χ3n) is 10.7. The Bertz CT molecular complexity index is 2500. The Balaban J connectivity index is 1.05. The van der Waals surface area contributed by atoms with E-state index in [4.69, 9.17) is 9.72 Å². The SMILES string of the molecule is CCCN(Cc1ncc(-c2ccc3cc(-c4ccc5c(c4)CCc4[nH]c(CN(CCC)C(=O)[C@H](NC(=O)OC)c6ccccc6)nc4-5)ccc3c2)[nH]1)C(=O)CNC(=O)OC. The maximum absolute atomic E-state index is 14.0. The summed E-state index contributed by atoms with van der Waals surface area (Å²) >= 11 is 0. The van der Waals surface area contributed by atoms with Crippen LogP contribution in [-0.4, -0.2) is 87.6 Å². The van der Waals surface area contributed by atoms with Gasteiger partial charge in [-0.25, -0.2) is 19.6 Å². The summed E-state index contributed by atoms with van der Waals surface area (Å²) in [6.45, 7) is 5.45. The molecule has 4 aromatic carbocycles. The van der Waals surface area contributed by atoms with E-state index in [0.717, 1.165) is 75.8 Å². The number of carbonyl (C=O) groups is 4. The van der Waals surface area contributed by atoms with Crippen molar-refractivity contribution in [1.29, 1.82) is 0 Å². The molecule has 4 amide bonds. The van der Waals surface area contributed by atoms with E-state index < -0.39 is 18.2 Å². The second-order valence-electron chi connectivity index (χ2n) is 14.8. The highest BCUT2D eigenvalue weighted by Crippen LogP contribution is 2.36. The molecule has 14 heteroatoms. The molecule has 60 heavy (non-hydrogen) atoms. The first-order valence-electron chi connectivity index (χ1n) is 20.2. The fourth-order valence-electron chi connectivity index (χ4n) is 7.68. The predicted molar refractivity (Wildman–Crippen MR) is 229 cm³/mol. The standard InChI is InChI=1S/C46H50N8O6/c1-5-20-53(41(55)26-48-45(57)59-3)27-39-47-25-38(50-39)35-15-14-31-22-30(12-13-32(31)24-35)33-16-18-36-34(23-33)17-19-37-43(36)51-40(49-37)28-54(21-6-2)44(56)42(52-46(58)60-4)29-10-8-7-9-11-29/h7-16,18,22-25,42H,5-6,17,19-21,26-28H2,1-4H3,(H,47,50)(H,48,57)(H,49,51)(H,52,58)/t42-/m1/s1. The quantitative estimate of drug-likeness (QED) is 0.0835. The number of nitrogens with one attached hydrogen (secondary N) is 4. The van der Waals surface area contributed by atoms with Crippen LogP contribution in [0.3, 0.4) is 0 Å². The lowest BCUT2D eigenvalue weighted by Gasteiger charge is -2.27. The molecule has 4 N–H and O–H groups in total. The van der Waals surface area contributed by atoms with E-state index in [2.05, 4.69) is 84.9 Å². The van der Waals surface area contributed by atoms with Gasteiger partial charge in [-0.05, 0) is 70.8 Å². The van der Waals surface area contributed by atoms with Crippen LogP contribution in [0.15, 0.2) is 91.1 Å². The minimum Gasteiger partial charge on any atom is -0.453 e. The molecule has 0 unspecified atom stereocenters.